The summed E-state index contributed by atoms with van der Waals surface area (Å²) in [7, 11) is -0.911. The Morgan fingerprint density at radius 2 is 1.84 bits per heavy atom. The Kier molecular flexibility index (Phi) is 6.85. The van der Waals surface area contributed by atoms with Crippen molar-refractivity contribution < 1.29 is 18.4 Å². The van der Waals surface area contributed by atoms with Gasteiger partial charge in [-0.3, -0.25) is 0 Å². The largest absolute Gasteiger partial charge is 0.496 e. The zero-order valence-corrected chi connectivity index (χ0v) is 19.9. The Hall–Kier alpha value is -2.27. The fourth-order valence-corrected chi connectivity index (χ4v) is 4.65. The van der Waals surface area contributed by atoms with Crippen molar-refractivity contribution in [1.82, 2.24) is 4.98 Å². The number of hydrogen-bond acceptors (Lipinski definition) is 5. The Balaban J connectivity index is 2.00. The lowest BCUT2D eigenvalue weighted by molar-refractivity contribution is 0.227. The number of halogens is 3. The van der Waals surface area contributed by atoms with Gasteiger partial charge in [-0.05, 0) is 50.6 Å². The van der Waals surface area contributed by atoms with Gasteiger partial charge in [0, 0.05) is 33.2 Å². The van der Waals surface area contributed by atoms with Crippen LogP contribution in [-0.4, -0.2) is 25.4 Å². The molecule has 0 bridgehead atoms. The van der Waals surface area contributed by atoms with E-state index in [0.717, 1.165) is 5.56 Å². The minimum atomic E-state index is -2.45. The Labute approximate surface area is 190 Å². The summed E-state index contributed by atoms with van der Waals surface area (Å²) in [6, 6.07) is 9.68. The maximum Gasteiger partial charge on any atom is 0.166 e. The van der Waals surface area contributed by atoms with E-state index in [1.54, 1.807) is 44.6 Å². The van der Waals surface area contributed by atoms with Crippen molar-refractivity contribution in [3.05, 3.63) is 64.0 Å². The van der Waals surface area contributed by atoms with Gasteiger partial charge < -0.3 is 19.8 Å². The number of methoxy groups -OCH3 is 1. The Morgan fingerprint density at radius 1 is 1.13 bits per heavy atom. The van der Waals surface area contributed by atoms with Gasteiger partial charge in [-0.2, -0.15) is 0 Å². The zero-order chi connectivity index (χ0) is 22.9. The van der Waals surface area contributed by atoms with Crippen LogP contribution in [0, 0.1) is 5.82 Å². The summed E-state index contributed by atoms with van der Waals surface area (Å²) < 4.78 is 37.8. The predicted molar refractivity (Wildman–Crippen MR) is 125 cm³/mol. The van der Waals surface area contributed by atoms with Crippen LogP contribution in [0.2, 0.25) is 10.0 Å². The average molecular weight is 483 g/mol. The second kappa shape index (κ2) is 9.07. The van der Waals surface area contributed by atoms with Gasteiger partial charge in [0.15, 0.2) is 11.6 Å². The molecule has 0 aliphatic rings. The minimum absolute atomic E-state index is 0.108. The van der Waals surface area contributed by atoms with E-state index >= 15 is 0 Å². The van der Waals surface area contributed by atoms with Gasteiger partial charge in [0.25, 0.3) is 0 Å². The monoisotopic (exact) mass is 482 g/mol. The molecule has 0 amide bonds. The molecule has 0 saturated heterocycles. The van der Waals surface area contributed by atoms with Gasteiger partial charge in [0.05, 0.1) is 12.1 Å². The van der Waals surface area contributed by atoms with Gasteiger partial charge in [-0.15, -0.1) is 0 Å². The number of anilines is 1. The van der Waals surface area contributed by atoms with E-state index in [1.165, 1.54) is 19.2 Å². The van der Waals surface area contributed by atoms with Crippen LogP contribution in [0.1, 0.15) is 18.6 Å². The second-order valence-electron chi connectivity index (χ2n) is 7.36. The van der Waals surface area contributed by atoms with Crippen LogP contribution in [0.15, 0.2) is 42.6 Å². The highest BCUT2D eigenvalue weighted by Crippen LogP contribution is 2.40. The quantitative estimate of drug-likeness (QED) is 0.335. The number of benzene rings is 2. The number of ether oxygens (including phenoxy) is 2. The summed E-state index contributed by atoms with van der Waals surface area (Å²) >= 11 is 12.3. The van der Waals surface area contributed by atoms with Crippen molar-refractivity contribution in [3.63, 3.8) is 0 Å². The molecular formula is C22H22Cl2FN2O3P. The Morgan fingerprint density at radius 3 is 2.48 bits per heavy atom. The maximum atomic E-state index is 13.9. The van der Waals surface area contributed by atoms with Crippen molar-refractivity contribution in [2.24, 2.45) is 0 Å². The lowest BCUT2D eigenvalue weighted by Crippen LogP contribution is -2.08. The molecule has 2 aromatic carbocycles. The molecule has 1 heterocycles. The first-order valence-corrected chi connectivity index (χ1v) is 12.7. The molecule has 5 nitrogen and oxygen atoms in total. The smallest absolute Gasteiger partial charge is 0.166 e. The summed E-state index contributed by atoms with van der Waals surface area (Å²) in [4.78, 5) is 4.21. The number of nitrogens with zero attached hydrogens (tertiary/aromatic N) is 1. The highest BCUT2D eigenvalue weighted by atomic mass is 35.5. The maximum absolute atomic E-state index is 13.9. The molecule has 0 radical (unpaired) electrons. The predicted octanol–water partition coefficient (Wildman–Crippen LogP) is 6.17. The first-order valence-electron chi connectivity index (χ1n) is 9.32. The minimum Gasteiger partial charge on any atom is -0.496 e. The van der Waals surface area contributed by atoms with Crippen LogP contribution in [0.5, 0.6) is 11.5 Å². The van der Waals surface area contributed by atoms with Crippen LogP contribution in [0.25, 0.3) is 11.1 Å². The molecule has 0 saturated carbocycles. The van der Waals surface area contributed by atoms with E-state index in [9.17, 15) is 8.96 Å². The lowest BCUT2D eigenvalue weighted by atomic mass is 10.1. The fourth-order valence-electron chi connectivity index (χ4n) is 3.11. The third-order valence-electron chi connectivity index (χ3n) is 4.79. The molecular weight excluding hydrogens is 461 g/mol. The van der Waals surface area contributed by atoms with Crippen molar-refractivity contribution in [3.8, 4) is 22.6 Å². The topological polar surface area (TPSA) is 74.4 Å². The zero-order valence-electron chi connectivity index (χ0n) is 17.4. The van der Waals surface area contributed by atoms with Crippen LogP contribution >= 0.6 is 30.3 Å². The molecule has 1 aromatic heterocycles. The van der Waals surface area contributed by atoms with Crippen molar-refractivity contribution >= 4 is 41.5 Å². The number of nitrogen functional groups attached to an aromatic ring is 1. The van der Waals surface area contributed by atoms with E-state index in [1.807, 2.05) is 6.07 Å². The molecule has 3 rings (SSSR count). The molecule has 0 spiro atoms. The van der Waals surface area contributed by atoms with Crippen molar-refractivity contribution in [1.29, 1.82) is 0 Å². The normalized spacial score (nSPS) is 12.5. The highest BCUT2D eigenvalue weighted by molar-refractivity contribution is 7.70. The number of rotatable bonds is 6. The van der Waals surface area contributed by atoms with Gasteiger partial charge >= 0.3 is 0 Å². The van der Waals surface area contributed by atoms with E-state index in [-0.39, 0.29) is 21.6 Å². The SMILES string of the molecule is COc1cc(P(C)(C)=O)ccc1-c1cnc(N)c(O[C@H](C)c2c(Cl)ccc(F)c2Cl)c1. The number of pyridine rings is 1. The third kappa shape index (κ3) is 4.98. The summed E-state index contributed by atoms with van der Waals surface area (Å²) in [5.74, 6) is 0.388. The standard InChI is InChI=1S/C22H22Cl2FN2O3P/c1-12(20-16(23)7-8-17(25)21(20)24)30-19-9-13(11-27-22(19)26)15-6-5-14(31(3,4)28)10-18(15)29-2/h5-12H,1-4H3,(H2,26,27)/t12-/m1/s1. The van der Waals surface area contributed by atoms with Gasteiger partial charge in [-0.1, -0.05) is 29.3 Å². The summed E-state index contributed by atoms with van der Waals surface area (Å²) in [5.41, 5.74) is 7.73. The average Bonchev–Trinajstić information content (AvgIpc) is 2.71. The molecule has 0 aliphatic heterocycles. The first kappa shape index (κ1) is 23.4. The summed E-state index contributed by atoms with van der Waals surface area (Å²) in [6.45, 7) is 5.08. The van der Waals surface area contributed by atoms with Gasteiger partial charge in [0.1, 0.15) is 24.8 Å². The molecule has 2 N–H and O–H groups in total. The molecule has 164 valence electrons. The molecule has 0 fully saturated rings. The molecule has 1 atom stereocenters. The van der Waals surface area contributed by atoms with Crippen LogP contribution in [0.4, 0.5) is 10.2 Å². The highest BCUT2D eigenvalue weighted by Gasteiger charge is 2.21. The lowest BCUT2D eigenvalue weighted by Gasteiger charge is -2.20. The summed E-state index contributed by atoms with van der Waals surface area (Å²) in [5, 5.41) is 0.878. The third-order valence-corrected chi connectivity index (χ3v) is 7.02. The number of nitrogens with two attached hydrogens (primary N) is 1. The number of hydrogen-bond donors (Lipinski definition) is 1. The summed E-state index contributed by atoms with van der Waals surface area (Å²) in [6.07, 6.45) is 0.898. The number of aromatic nitrogens is 1. The molecule has 31 heavy (non-hydrogen) atoms. The molecule has 3 aromatic rings. The second-order valence-corrected chi connectivity index (χ2v) is 11.4. The molecule has 0 unspecified atom stereocenters. The van der Waals surface area contributed by atoms with Crippen molar-refractivity contribution in [2.45, 2.75) is 13.0 Å². The van der Waals surface area contributed by atoms with Crippen LogP contribution in [-0.2, 0) is 4.57 Å². The van der Waals surface area contributed by atoms with Crippen molar-refractivity contribution in [2.75, 3.05) is 26.2 Å². The van der Waals surface area contributed by atoms with E-state index in [2.05, 4.69) is 4.98 Å². The fraction of sp³-hybridized carbons (Fsp3) is 0.227. The molecule has 0 aliphatic carbocycles. The van der Waals surface area contributed by atoms with Crippen LogP contribution in [0.3, 0.4) is 0 Å². The van der Waals surface area contributed by atoms with Gasteiger partial charge in [0.2, 0.25) is 0 Å². The Bertz CT molecular complexity index is 1180. The van der Waals surface area contributed by atoms with E-state index in [0.29, 0.717) is 22.2 Å². The van der Waals surface area contributed by atoms with E-state index in [4.69, 9.17) is 38.4 Å². The van der Waals surface area contributed by atoms with Gasteiger partial charge in [-0.25, -0.2) is 9.37 Å². The molecule has 9 heteroatoms. The first-order chi connectivity index (χ1) is 14.5. The van der Waals surface area contributed by atoms with E-state index < -0.39 is 19.1 Å². The van der Waals surface area contributed by atoms with Crippen LogP contribution < -0.4 is 20.5 Å².